The van der Waals surface area contributed by atoms with E-state index in [2.05, 4.69) is 0 Å². The van der Waals surface area contributed by atoms with Crippen LogP contribution in [0.1, 0.15) is 0 Å². The molecular weight excluding hydrogens is 417 g/mol. The normalized spacial score (nSPS) is 11.1. The van der Waals surface area contributed by atoms with Gasteiger partial charge < -0.3 is 0 Å². The van der Waals surface area contributed by atoms with Crippen LogP contribution in [0, 0.1) is 0 Å². The molecule has 0 aliphatic carbocycles. The molecule has 0 heterocycles. The molecule has 0 amide bonds. The van der Waals surface area contributed by atoms with Gasteiger partial charge in [0.05, 0.1) is 0 Å². The van der Waals surface area contributed by atoms with Gasteiger partial charge in [-0.25, -0.2) is 0 Å². The Morgan fingerprint density at radius 1 is 0.800 bits per heavy atom. The van der Waals surface area contributed by atoms with Crippen molar-refractivity contribution in [3.63, 3.8) is 0 Å². The predicted molar refractivity (Wildman–Crippen MR) is 56.7 cm³/mol. The SMILES string of the molecule is COC(OC)[Si][CH2][Hg][CH2][Si]C(OC)OC. The van der Waals surface area contributed by atoms with E-state index in [-0.39, 0.29) is 11.8 Å². The summed E-state index contributed by atoms with van der Waals surface area (Å²) >= 11 is -0.713. The van der Waals surface area contributed by atoms with Crippen molar-refractivity contribution in [1.82, 2.24) is 0 Å². The van der Waals surface area contributed by atoms with Crippen molar-refractivity contribution in [3.8, 4) is 0 Å². The second-order valence-electron chi connectivity index (χ2n) is 2.87. The van der Waals surface area contributed by atoms with Crippen LogP contribution in [0.3, 0.4) is 0 Å². The molecule has 15 heavy (non-hydrogen) atoms. The first-order valence-corrected chi connectivity index (χ1v) is 15.2. The van der Waals surface area contributed by atoms with E-state index < -0.39 is 24.6 Å². The number of rotatable bonds is 10. The Kier molecular flexibility index (Phi) is 12.6. The van der Waals surface area contributed by atoms with Gasteiger partial charge in [-0.05, 0) is 0 Å². The van der Waals surface area contributed by atoms with Gasteiger partial charge in [-0.2, -0.15) is 0 Å². The van der Waals surface area contributed by atoms with Crippen LogP contribution in [0.5, 0.6) is 0 Å². The van der Waals surface area contributed by atoms with Crippen molar-refractivity contribution in [1.29, 1.82) is 0 Å². The molecule has 0 aromatic carbocycles. The van der Waals surface area contributed by atoms with Gasteiger partial charge in [-0.15, -0.1) is 0 Å². The van der Waals surface area contributed by atoms with Gasteiger partial charge in [-0.1, -0.05) is 0 Å². The van der Waals surface area contributed by atoms with Crippen LogP contribution in [0.4, 0.5) is 0 Å². The quantitative estimate of drug-likeness (QED) is 0.283. The van der Waals surface area contributed by atoms with Gasteiger partial charge in [0, 0.05) is 0 Å². The molecule has 0 atom stereocenters. The molecule has 84 valence electrons. The van der Waals surface area contributed by atoms with Crippen LogP contribution in [-0.4, -0.2) is 59.3 Å². The summed E-state index contributed by atoms with van der Waals surface area (Å²) in [4.78, 5) is 0. The molecule has 0 aliphatic heterocycles. The van der Waals surface area contributed by atoms with Crippen molar-refractivity contribution in [2.75, 3.05) is 28.4 Å². The molecule has 0 bridgehead atoms. The summed E-state index contributed by atoms with van der Waals surface area (Å²) in [7, 11) is 8.41. The summed E-state index contributed by atoms with van der Waals surface area (Å²) in [5.74, 6) is 0.0444. The first-order chi connectivity index (χ1) is 7.28. The fourth-order valence-corrected chi connectivity index (χ4v) is 19.8. The van der Waals surface area contributed by atoms with E-state index in [4.69, 9.17) is 18.9 Å². The fraction of sp³-hybridized carbons (Fsp3) is 1.00. The molecule has 0 N–H and O–H groups in total. The molecule has 4 nitrogen and oxygen atoms in total. The Balaban J connectivity index is 3.30. The van der Waals surface area contributed by atoms with Crippen molar-refractivity contribution in [2.45, 2.75) is 18.9 Å². The van der Waals surface area contributed by atoms with Crippen LogP contribution in [0.25, 0.3) is 0 Å². The number of ether oxygens (including phenoxy) is 4. The Bertz CT molecular complexity index is 120. The van der Waals surface area contributed by atoms with Crippen molar-refractivity contribution >= 4 is 19.0 Å². The van der Waals surface area contributed by atoms with E-state index in [1.54, 1.807) is 28.4 Å². The molecule has 0 aromatic heterocycles. The molecule has 0 spiro atoms. The van der Waals surface area contributed by atoms with Crippen LogP contribution < -0.4 is 0 Å². The van der Waals surface area contributed by atoms with Crippen LogP contribution >= 0.6 is 0 Å². The third kappa shape index (κ3) is 8.96. The van der Waals surface area contributed by atoms with Gasteiger partial charge in [0.15, 0.2) is 0 Å². The van der Waals surface area contributed by atoms with E-state index in [0.29, 0.717) is 0 Å². The molecule has 0 unspecified atom stereocenters. The Morgan fingerprint density at radius 2 is 1.13 bits per heavy atom. The predicted octanol–water partition coefficient (Wildman–Crippen LogP) is 0.382. The maximum atomic E-state index is 5.15. The molecule has 0 rings (SSSR count). The first kappa shape index (κ1) is 16.2. The monoisotopic (exact) mass is 436 g/mol. The Hall–Kier alpha value is 1.21. The molecule has 7 heteroatoms. The summed E-state index contributed by atoms with van der Waals surface area (Å²) < 4.78 is 23.3. The molecule has 4 radical (unpaired) electrons. The molecular formula is C8H18HgO4Si2. The third-order valence-corrected chi connectivity index (χ3v) is 19.7. The summed E-state index contributed by atoms with van der Waals surface area (Å²) in [6, 6.07) is 0. The average Bonchev–Trinajstić information content (AvgIpc) is 2.29. The molecule has 0 fully saturated rings. The second kappa shape index (κ2) is 11.7. The van der Waals surface area contributed by atoms with Gasteiger partial charge in [0.25, 0.3) is 0 Å². The Morgan fingerprint density at radius 3 is 1.40 bits per heavy atom. The number of methoxy groups -OCH3 is 4. The second-order valence-corrected chi connectivity index (χ2v) is 20.0. The summed E-state index contributed by atoms with van der Waals surface area (Å²) in [6.07, 6.45) is 0. The standard InChI is InChI=1S/2C4H9O2Si.Hg/c2*1-5-4(6-2)7-3;/h2*4H,3H2,1-2H3;. The topological polar surface area (TPSA) is 36.9 Å². The van der Waals surface area contributed by atoms with Gasteiger partial charge in [-0.3, -0.25) is 0 Å². The minimum atomic E-state index is -0.713. The van der Waals surface area contributed by atoms with Crippen LogP contribution in [-0.2, 0) is 43.5 Å². The minimum absolute atomic E-state index is 0.0222. The first-order valence-electron chi connectivity index (χ1n) is 4.86. The molecule has 0 aromatic rings. The van der Waals surface area contributed by atoms with Crippen molar-refractivity contribution in [2.24, 2.45) is 0 Å². The van der Waals surface area contributed by atoms with Crippen molar-refractivity contribution < 1.29 is 43.5 Å². The van der Waals surface area contributed by atoms with Gasteiger partial charge in [0.1, 0.15) is 0 Å². The number of hydrogen-bond donors (Lipinski definition) is 0. The molecule has 0 aliphatic rings. The van der Waals surface area contributed by atoms with Crippen LogP contribution in [0.15, 0.2) is 0 Å². The zero-order valence-corrected chi connectivity index (χ0v) is 17.4. The zero-order chi connectivity index (χ0) is 11.5. The van der Waals surface area contributed by atoms with E-state index in [0.717, 1.165) is 19.0 Å². The Labute approximate surface area is 109 Å². The van der Waals surface area contributed by atoms with Crippen molar-refractivity contribution in [3.05, 3.63) is 0 Å². The third-order valence-electron chi connectivity index (χ3n) is 1.83. The summed E-state index contributed by atoms with van der Waals surface area (Å²) in [5.41, 5.74) is 0. The zero-order valence-electron chi connectivity index (χ0n) is 9.91. The summed E-state index contributed by atoms with van der Waals surface area (Å²) in [5, 5.41) is 0. The van der Waals surface area contributed by atoms with Crippen LogP contribution in [0.2, 0.25) is 7.11 Å². The van der Waals surface area contributed by atoms with E-state index >= 15 is 0 Å². The van der Waals surface area contributed by atoms with Gasteiger partial charge in [0.2, 0.25) is 0 Å². The van der Waals surface area contributed by atoms with E-state index in [1.165, 1.54) is 7.11 Å². The van der Waals surface area contributed by atoms with E-state index in [1.807, 2.05) is 0 Å². The molecule has 0 saturated heterocycles. The fourth-order valence-electron chi connectivity index (χ4n) is 1.05. The number of hydrogen-bond acceptors (Lipinski definition) is 4. The van der Waals surface area contributed by atoms with E-state index in [9.17, 15) is 0 Å². The average molecular weight is 435 g/mol. The maximum absolute atomic E-state index is 5.15. The molecule has 0 saturated carbocycles. The van der Waals surface area contributed by atoms with Gasteiger partial charge >= 0.3 is 110 Å². The summed E-state index contributed by atoms with van der Waals surface area (Å²) in [6.45, 7) is 0.